The fourth-order valence-electron chi connectivity index (χ4n) is 4.09. The maximum atomic E-state index is 14.7. The summed E-state index contributed by atoms with van der Waals surface area (Å²) in [4.78, 5) is 45.0. The van der Waals surface area contributed by atoms with Crippen molar-refractivity contribution < 1.29 is 14.1 Å². The predicted octanol–water partition coefficient (Wildman–Crippen LogP) is 2.28. The number of piperidine rings is 1. The zero-order valence-electron chi connectivity index (χ0n) is 16.6. The van der Waals surface area contributed by atoms with Crippen molar-refractivity contribution in [3.63, 3.8) is 0 Å². The number of benzene rings is 1. The van der Waals surface area contributed by atoms with Gasteiger partial charge in [-0.3, -0.25) is 24.7 Å². The Balaban J connectivity index is 1.86. The summed E-state index contributed by atoms with van der Waals surface area (Å²) in [6.45, 7) is 3.50. The number of hydrogen-bond acceptors (Lipinski definition) is 7. The van der Waals surface area contributed by atoms with E-state index >= 15 is 0 Å². The minimum Gasteiger partial charge on any atom is -0.342 e. The first-order chi connectivity index (χ1) is 14.8. The summed E-state index contributed by atoms with van der Waals surface area (Å²) >= 11 is 0. The Kier molecular flexibility index (Phi) is 5.14. The van der Waals surface area contributed by atoms with Crippen LogP contribution in [0.5, 0.6) is 0 Å². The van der Waals surface area contributed by atoms with Crippen LogP contribution in [0.2, 0.25) is 0 Å². The second-order valence-corrected chi connectivity index (χ2v) is 7.86. The number of amides is 1. The van der Waals surface area contributed by atoms with Crippen molar-refractivity contribution in [1.29, 1.82) is 5.26 Å². The number of halogens is 1. The van der Waals surface area contributed by atoms with Gasteiger partial charge < -0.3 is 10.2 Å². The molecule has 0 saturated carbocycles. The molecule has 2 atom stereocenters. The molecule has 0 radical (unpaired) electrons. The summed E-state index contributed by atoms with van der Waals surface area (Å²) in [6.07, 6.45) is 1.84. The Morgan fingerprint density at radius 1 is 1.32 bits per heavy atom. The smallest absolute Gasteiger partial charge is 0.269 e. The molecule has 160 valence electrons. The molecular formula is C20H19FN6O4. The van der Waals surface area contributed by atoms with Gasteiger partial charge in [0.05, 0.1) is 16.6 Å². The van der Waals surface area contributed by atoms with E-state index in [1.807, 2.05) is 4.90 Å². The van der Waals surface area contributed by atoms with E-state index in [0.717, 1.165) is 31.0 Å². The topological polar surface area (TPSA) is 145 Å². The number of carbonyl (C=O) groups excluding carboxylic acids is 1. The lowest BCUT2D eigenvalue weighted by Gasteiger charge is -2.33. The maximum Gasteiger partial charge on any atom is 0.269 e. The molecule has 1 aromatic heterocycles. The van der Waals surface area contributed by atoms with Gasteiger partial charge in [0.15, 0.2) is 0 Å². The number of nitrogens with zero attached hydrogens (tertiary/aromatic N) is 4. The third-order valence-corrected chi connectivity index (χ3v) is 5.86. The number of carbonyl (C=O) groups is 1. The van der Waals surface area contributed by atoms with E-state index in [0.29, 0.717) is 19.0 Å². The van der Waals surface area contributed by atoms with E-state index in [2.05, 4.69) is 22.2 Å². The Morgan fingerprint density at radius 2 is 2.03 bits per heavy atom. The second kappa shape index (κ2) is 7.79. The molecule has 3 heterocycles. The first-order valence-corrected chi connectivity index (χ1v) is 9.83. The number of nitro benzene ring substituents is 1. The molecule has 0 spiro atoms. The highest BCUT2D eigenvalue weighted by Gasteiger charge is 2.42. The first kappa shape index (κ1) is 20.5. The summed E-state index contributed by atoms with van der Waals surface area (Å²) < 4.78 is 14.7. The van der Waals surface area contributed by atoms with Crippen molar-refractivity contribution in [2.75, 3.05) is 23.3 Å². The van der Waals surface area contributed by atoms with Crippen molar-refractivity contribution >= 4 is 23.4 Å². The number of anilines is 2. The molecule has 1 aromatic carbocycles. The van der Waals surface area contributed by atoms with Crippen LogP contribution >= 0.6 is 0 Å². The Bertz CT molecular complexity index is 1170. The van der Waals surface area contributed by atoms with Crippen molar-refractivity contribution in [2.24, 2.45) is 11.8 Å². The molecule has 10 nitrogen and oxygen atoms in total. The Morgan fingerprint density at radius 3 is 2.68 bits per heavy atom. The lowest BCUT2D eigenvalue weighted by Crippen LogP contribution is -2.41. The first-order valence-electron chi connectivity index (χ1n) is 9.83. The fraction of sp³-hybridized carbons (Fsp3) is 0.400. The van der Waals surface area contributed by atoms with Crippen LogP contribution in [0.1, 0.15) is 36.8 Å². The molecule has 1 fully saturated rings. The van der Waals surface area contributed by atoms with Crippen LogP contribution in [0.15, 0.2) is 23.0 Å². The van der Waals surface area contributed by atoms with Crippen molar-refractivity contribution in [2.45, 2.75) is 25.7 Å². The van der Waals surface area contributed by atoms with Crippen LogP contribution < -0.4 is 15.8 Å². The number of nitrogens with one attached hydrogen (secondary N) is 2. The fourth-order valence-corrected chi connectivity index (χ4v) is 4.09. The number of hydrogen-bond donors (Lipinski definition) is 2. The van der Waals surface area contributed by atoms with E-state index in [1.54, 1.807) is 6.07 Å². The molecule has 1 saturated heterocycles. The van der Waals surface area contributed by atoms with E-state index in [4.69, 9.17) is 0 Å². The molecule has 2 aliphatic heterocycles. The number of fused-ring (bicyclic) bond motifs is 1. The molecule has 11 heteroatoms. The maximum absolute atomic E-state index is 14.7. The van der Waals surface area contributed by atoms with Gasteiger partial charge in [0.2, 0.25) is 11.9 Å². The van der Waals surface area contributed by atoms with Gasteiger partial charge in [-0.05, 0) is 24.8 Å². The van der Waals surface area contributed by atoms with Gasteiger partial charge in [0.1, 0.15) is 17.6 Å². The van der Waals surface area contributed by atoms with Gasteiger partial charge in [0, 0.05) is 36.7 Å². The van der Waals surface area contributed by atoms with Gasteiger partial charge in [-0.25, -0.2) is 4.39 Å². The highest BCUT2D eigenvalue weighted by Crippen LogP contribution is 2.40. The van der Waals surface area contributed by atoms with Crippen LogP contribution in [-0.4, -0.2) is 33.9 Å². The van der Waals surface area contributed by atoms with E-state index in [9.17, 15) is 29.4 Å². The summed E-state index contributed by atoms with van der Waals surface area (Å²) in [5, 5.41) is 23.2. The number of aromatic amines is 1. The quantitative estimate of drug-likeness (QED) is 0.566. The molecule has 2 aromatic rings. The minimum absolute atomic E-state index is 0.0650. The van der Waals surface area contributed by atoms with Crippen LogP contribution in [0.3, 0.4) is 0 Å². The van der Waals surface area contributed by atoms with E-state index < -0.39 is 39.7 Å². The second-order valence-electron chi connectivity index (χ2n) is 7.86. The summed E-state index contributed by atoms with van der Waals surface area (Å²) in [5.74, 6) is -3.62. The Labute approximate surface area is 175 Å². The van der Waals surface area contributed by atoms with Crippen molar-refractivity contribution in [1.82, 2.24) is 9.97 Å². The Hall–Kier alpha value is -3.81. The SMILES string of the molecule is CC1CCN(c2nc3c(c(=O)[nH]2)C(c2cc([N+](=O)[O-])ccc2F)C(C#N)C(=O)N3)CC1. The number of rotatable bonds is 3. The molecular weight excluding hydrogens is 407 g/mol. The van der Waals surface area contributed by atoms with Gasteiger partial charge in [-0.2, -0.15) is 10.2 Å². The van der Waals surface area contributed by atoms with Gasteiger partial charge in [0.25, 0.3) is 11.2 Å². The van der Waals surface area contributed by atoms with Crippen LogP contribution in [0.25, 0.3) is 0 Å². The number of aromatic nitrogens is 2. The van der Waals surface area contributed by atoms with Crippen LogP contribution in [0, 0.1) is 39.1 Å². The highest BCUT2D eigenvalue weighted by molar-refractivity contribution is 5.98. The average Bonchev–Trinajstić information content (AvgIpc) is 2.73. The summed E-state index contributed by atoms with van der Waals surface area (Å²) in [6, 6.07) is 4.61. The zero-order valence-corrected chi connectivity index (χ0v) is 16.6. The zero-order chi connectivity index (χ0) is 22.3. The standard InChI is InChI=1S/C20H19FN6O4/c1-10-4-6-26(7-5-10)20-24-17-16(19(29)25-20)15(13(9-22)18(28)23-17)12-8-11(27(30)31)2-3-14(12)21/h2-3,8,10,13,15H,4-7H2,1H3,(H2,23,24,25,28,29). The molecule has 0 aliphatic carbocycles. The number of non-ortho nitro benzene ring substituents is 1. The molecule has 1 amide bonds. The third kappa shape index (κ3) is 3.61. The summed E-state index contributed by atoms with van der Waals surface area (Å²) in [7, 11) is 0. The largest absolute Gasteiger partial charge is 0.342 e. The van der Waals surface area contributed by atoms with E-state index in [-0.39, 0.29) is 22.9 Å². The van der Waals surface area contributed by atoms with Crippen molar-refractivity contribution in [3.8, 4) is 6.07 Å². The molecule has 31 heavy (non-hydrogen) atoms. The lowest BCUT2D eigenvalue weighted by atomic mass is 9.79. The molecule has 2 N–H and O–H groups in total. The van der Waals surface area contributed by atoms with Gasteiger partial charge in [-0.1, -0.05) is 6.92 Å². The van der Waals surface area contributed by atoms with Crippen LogP contribution in [0.4, 0.5) is 21.8 Å². The number of nitriles is 1. The van der Waals surface area contributed by atoms with E-state index in [1.165, 1.54) is 0 Å². The minimum atomic E-state index is -1.45. The normalized spacial score (nSPS) is 21.2. The third-order valence-electron chi connectivity index (χ3n) is 5.86. The van der Waals surface area contributed by atoms with Gasteiger partial charge in [-0.15, -0.1) is 0 Å². The monoisotopic (exact) mass is 426 g/mol. The van der Waals surface area contributed by atoms with Crippen LogP contribution in [-0.2, 0) is 4.79 Å². The highest BCUT2D eigenvalue weighted by atomic mass is 19.1. The average molecular weight is 426 g/mol. The molecule has 2 aliphatic rings. The number of nitro groups is 1. The summed E-state index contributed by atoms with van der Waals surface area (Å²) in [5.41, 5.74) is -1.41. The van der Waals surface area contributed by atoms with Crippen molar-refractivity contribution in [3.05, 3.63) is 55.6 Å². The molecule has 0 bridgehead atoms. The van der Waals surface area contributed by atoms with Gasteiger partial charge >= 0.3 is 0 Å². The predicted molar refractivity (Wildman–Crippen MR) is 108 cm³/mol. The molecule has 2 unspecified atom stereocenters. The molecule has 4 rings (SSSR count). The number of H-pyrrole nitrogens is 1. The lowest BCUT2D eigenvalue weighted by molar-refractivity contribution is -0.385.